The highest BCUT2D eigenvalue weighted by atomic mass is 19.4. The summed E-state index contributed by atoms with van der Waals surface area (Å²) in [4.78, 5) is 25.1. The highest BCUT2D eigenvalue weighted by molar-refractivity contribution is 5.94. The van der Waals surface area contributed by atoms with Crippen LogP contribution in [0, 0.1) is 5.82 Å². The van der Waals surface area contributed by atoms with Gasteiger partial charge in [-0.3, -0.25) is 4.79 Å². The minimum Gasteiger partial charge on any atom is -0.494 e. The minimum atomic E-state index is -4.81. The van der Waals surface area contributed by atoms with E-state index in [0.29, 0.717) is 50.9 Å². The molecule has 3 aromatic rings. The lowest BCUT2D eigenvalue weighted by Gasteiger charge is -2.35. The van der Waals surface area contributed by atoms with Gasteiger partial charge in [0.2, 0.25) is 5.95 Å². The fourth-order valence-electron chi connectivity index (χ4n) is 3.72. The van der Waals surface area contributed by atoms with Crippen LogP contribution in [0.3, 0.4) is 0 Å². The van der Waals surface area contributed by atoms with E-state index in [9.17, 15) is 22.4 Å². The lowest BCUT2D eigenvalue weighted by Crippen LogP contribution is -2.49. The molecule has 1 saturated heterocycles. The maximum Gasteiger partial charge on any atom is 0.419 e. The van der Waals surface area contributed by atoms with Crippen LogP contribution in [0.5, 0.6) is 5.75 Å². The third kappa shape index (κ3) is 5.11. The van der Waals surface area contributed by atoms with Crippen molar-refractivity contribution in [2.24, 2.45) is 0 Å². The number of halogens is 4. The number of ether oxygens (including phenoxy) is 1. The Bertz CT molecular complexity index is 1160. The highest BCUT2D eigenvalue weighted by Crippen LogP contribution is 2.32. The molecule has 0 unspecified atom stereocenters. The van der Waals surface area contributed by atoms with Crippen molar-refractivity contribution in [3.8, 4) is 17.0 Å². The second-order valence-electron chi connectivity index (χ2n) is 7.67. The van der Waals surface area contributed by atoms with Crippen LogP contribution >= 0.6 is 0 Å². The van der Waals surface area contributed by atoms with Gasteiger partial charge in [0, 0.05) is 43.5 Å². The molecule has 2 heterocycles. The summed E-state index contributed by atoms with van der Waals surface area (Å²) in [6, 6.07) is 11.6. The lowest BCUT2D eigenvalue weighted by atomic mass is 10.1. The number of aromatic nitrogens is 2. The monoisotopic (exact) mass is 474 g/mol. The average Bonchev–Trinajstić information content (AvgIpc) is 2.83. The number of hydrogen-bond acceptors (Lipinski definition) is 5. The van der Waals surface area contributed by atoms with Crippen LogP contribution in [-0.2, 0) is 6.18 Å². The molecule has 0 atom stereocenters. The number of carbonyl (C=O) groups excluding carboxylic acids is 1. The molecule has 34 heavy (non-hydrogen) atoms. The zero-order valence-corrected chi connectivity index (χ0v) is 18.3. The van der Waals surface area contributed by atoms with E-state index in [4.69, 9.17) is 4.74 Å². The lowest BCUT2D eigenvalue weighted by molar-refractivity contribution is -0.140. The van der Waals surface area contributed by atoms with Crippen LogP contribution in [0.2, 0.25) is 0 Å². The van der Waals surface area contributed by atoms with Gasteiger partial charge in [0.15, 0.2) is 0 Å². The predicted molar refractivity (Wildman–Crippen MR) is 118 cm³/mol. The Morgan fingerprint density at radius 3 is 2.35 bits per heavy atom. The maximum absolute atomic E-state index is 13.9. The van der Waals surface area contributed by atoms with Gasteiger partial charge in [-0.15, -0.1) is 0 Å². The van der Waals surface area contributed by atoms with E-state index in [2.05, 4.69) is 9.97 Å². The number of rotatable bonds is 5. The molecular formula is C24H22F4N4O2. The summed E-state index contributed by atoms with van der Waals surface area (Å²) >= 11 is 0. The van der Waals surface area contributed by atoms with E-state index < -0.39 is 23.5 Å². The smallest absolute Gasteiger partial charge is 0.419 e. The molecular weight excluding hydrogens is 452 g/mol. The Kier molecular flexibility index (Phi) is 6.67. The molecule has 1 fully saturated rings. The number of piperazine rings is 1. The van der Waals surface area contributed by atoms with Gasteiger partial charge < -0.3 is 14.5 Å². The number of nitrogens with zero attached hydrogens (tertiary/aromatic N) is 4. The molecule has 0 aliphatic carbocycles. The maximum atomic E-state index is 13.9. The number of carbonyl (C=O) groups is 1. The van der Waals surface area contributed by atoms with E-state index in [1.54, 1.807) is 12.3 Å². The molecule has 178 valence electrons. The third-order valence-corrected chi connectivity index (χ3v) is 5.48. The summed E-state index contributed by atoms with van der Waals surface area (Å²) in [6.45, 7) is 3.97. The van der Waals surface area contributed by atoms with Gasteiger partial charge in [-0.05, 0) is 55.5 Å². The highest BCUT2D eigenvalue weighted by Gasteiger charge is 2.34. The van der Waals surface area contributed by atoms with Gasteiger partial charge in [0.1, 0.15) is 11.6 Å². The van der Waals surface area contributed by atoms with Crippen molar-refractivity contribution in [1.82, 2.24) is 14.9 Å². The predicted octanol–water partition coefficient (Wildman–Crippen LogP) is 4.66. The molecule has 10 heteroatoms. The van der Waals surface area contributed by atoms with Gasteiger partial charge in [0.05, 0.1) is 17.9 Å². The summed E-state index contributed by atoms with van der Waals surface area (Å²) in [7, 11) is 0. The summed E-state index contributed by atoms with van der Waals surface area (Å²) in [5.74, 6) is -0.693. The van der Waals surface area contributed by atoms with Gasteiger partial charge in [0.25, 0.3) is 5.91 Å². The second-order valence-corrected chi connectivity index (χ2v) is 7.67. The quantitative estimate of drug-likeness (QED) is 0.504. The Labute approximate surface area is 193 Å². The van der Waals surface area contributed by atoms with Crippen LogP contribution in [0.15, 0.2) is 54.7 Å². The van der Waals surface area contributed by atoms with Crippen LogP contribution in [0.4, 0.5) is 23.5 Å². The molecule has 0 spiro atoms. The summed E-state index contributed by atoms with van der Waals surface area (Å²) in [6.07, 6.45) is -3.15. The first-order valence-corrected chi connectivity index (χ1v) is 10.7. The average molecular weight is 474 g/mol. The standard InChI is InChI=1S/C24H22F4N4O2/c1-2-34-18-6-3-16(4-7-18)21-9-10-29-23(30-21)32-13-11-31(12-14-32)22(33)17-5-8-19(20(25)15-17)24(26,27)28/h3-10,15H,2,11-14H2,1H3. The molecule has 2 aromatic carbocycles. The number of anilines is 1. The van der Waals surface area contributed by atoms with E-state index in [-0.39, 0.29) is 5.56 Å². The molecule has 1 aliphatic rings. The van der Waals surface area contributed by atoms with E-state index in [0.717, 1.165) is 23.1 Å². The zero-order chi connectivity index (χ0) is 24.3. The Morgan fingerprint density at radius 2 is 1.74 bits per heavy atom. The second kappa shape index (κ2) is 9.66. The van der Waals surface area contributed by atoms with Crippen molar-refractivity contribution in [3.63, 3.8) is 0 Å². The topological polar surface area (TPSA) is 58.6 Å². The fourth-order valence-corrected chi connectivity index (χ4v) is 3.72. The first kappa shape index (κ1) is 23.5. The molecule has 1 aliphatic heterocycles. The molecule has 6 nitrogen and oxygen atoms in total. The van der Waals surface area contributed by atoms with Crippen molar-refractivity contribution in [2.45, 2.75) is 13.1 Å². The largest absolute Gasteiger partial charge is 0.494 e. The van der Waals surface area contributed by atoms with Gasteiger partial charge in [-0.25, -0.2) is 14.4 Å². The van der Waals surface area contributed by atoms with Gasteiger partial charge >= 0.3 is 6.18 Å². The van der Waals surface area contributed by atoms with Crippen molar-refractivity contribution >= 4 is 11.9 Å². The summed E-state index contributed by atoms with van der Waals surface area (Å²) in [5, 5.41) is 0. The van der Waals surface area contributed by atoms with Gasteiger partial charge in [-0.2, -0.15) is 13.2 Å². The van der Waals surface area contributed by atoms with Crippen molar-refractivity contribution in [3.05, 3.63) is 71.7 Å². The third-order valence-electron chi connectivity index (χ3n) is 5.48. The first-order valence-electron chi connectivity index (χ1n) is 10.7. The van der Waals surface area contributed by atoms with Crippen molar-refractivity contribution < 1.29 is 27.1 Å². The number of hydrogen-bond donors (Lipinski definition) is 0. The summed E-state index contributed by atoms with van der Waals surface area (Å²) < 4.78 is 57.6. The van der Waals surface area contributed by atoms with E-state index >= 15 is 0 Å². The van der Waals surface area contributed by atoms with Gasteiger partial charge in [-0.1, -0.05) is 0 Å². The molecule has 1 aromatic heterocycles. The Morgan fingerprint density at radius 1 is 1.03 bits per heavy atom. The SMILES string of the molecule is CCOc1ccc(-c2ccnc(N3CCN(C(=O)c4ccc(C(F)(F)F)c(F)c4)CC3)n2)cc1. The van der Waals surface area contributed by atoms with Crippen LogP contribution in [0.1, 0.15) is 22.8 Å². The zero-order valence-electron chi connectivity index (χ0n) is 18.3. The molecule has 1 amide bonds. The number of benzene rings is 2. The molecule has 0 saturated carbocycles. The van der Waals surface area contributed by atoms with E-state index in [1.807, 2.05) is 36.1 Å². The van der Waals surface area contributed by atoms with E-state index in [1.165, 1.54) is 4.90 Å². The fraction of sp³-hybridized carbons (Fsp3) is 0.292. The molecule has 4 rings (SSSR count). The molecule has 0 N–H and O–H groups in total. The normalized spacial score (nSPS) is 14.3. The molecule has 0 bridgehead atoms. The Hall–Kier alpha value is -3.69. The van der Waals surface area contributed by atoms with Crippen LogP contribution in [-0.4, -0.2) is 53.6 Å². The minimum absolute atomic E-state index is 0.118. The number of alkyl halides is 3. The van der Waals surface area contributed by atoms with Crippen molar-refractivity contribution in [2.75, 3.05) is 37.7 Å². The van der Waals surface area contributed by atoms with Crippen LogP contribution in [0.25, 0.3) is 11.3 Å². The van der Waals surface area contributed by atoms with Crippen LogP contribution < -0.4 is 9.64 Å². The number of amides is 1. The molecule has 0 radical (unpaired) electrons. The Balaban J connectivity index is 1.41. The van der Waals surface area contributed by atoms with Crippen molar-refractivity contribution in [1.29, 1.82) is 0 Å². The first-order chi connectivity index (χ1) is 16.3. The summed E-state index contributed by atoms with van der Waals surface area (Å²) in [5.41, 5.74) is 0.142.